The van der Waals surface area contributed by atoms with Gasteiger partial charge in [-0.2, -0.15) is 26.3 Å². The van der Waals surface area contributed by atoms with Crippen LogP contribution in [0.3, 0.4) is 0 Å². The molecule has 0 aliphatic carbocycles. The van der Waals surface area contributed by atoms with Crippen LogP contribution in [-0.4, -0.2) is 25.2 Å². The fourth-order valence-electron chi connectivity index (χ4n) is 1.30. The third-order valence-electron chi connectivity index (χ3n) is 2.21. The monoisotopic (exact) mass is 318 g/mol. The number of halogens is 7. The van der Waals surface area contributed by atoms with Crippen molar-refractivity contribution < 1.29 is 35.5 Å². The van der Waals surface area contributed by atoms with Gasteiger partial charge in [-0.05, 0) is 18.2 Å². The van der Waals surface area contributed by atoms with E-state index in [2.05, 4.69) is 5.32 Å². The van der Waals surface area contributed by atoms with Crippen molar-refractivity contribution in [3.05, 3.63) is 29.6 Å². The van der Waals surface area contributed by atoms with E-state index in [4.69, 9.17) is 0 Å². The van der Waals surface area contributed by atoms with E-state index >= 15 is 0 Å². The zero-order chi connectivity index (χ0) is 16.3. The Hall–Kier alpha value is -2.00. The quantitative estimate of drug-likeness (QED) is 0.838. The highest BCUT2D eigenvalue weighted by Gasteiger charge is 2.34. The van der Waals surface area contributed by atoms with E-state index in [1.165, 1.54) is 5.32 Å². The lowest BCUT2D eigenvalue weighted by Crippen LogP contribution is -2.37. The molecule has 21 heavy (non-hydrogen) atoms. The number of amides is 1. The minimum absolute atomic E-state index is 0.245. The van der Waals surface area contributed by atoms with Crippen LogP contribution in [-0.2, 0) is 11.0 Å². The molecule has 0 aliphatic heterocycles. The summed E-state index contributed by atoms with van der Waals surface area (Å²) in [5.41, 5.74) is -1.78. The molecule has 0 saturated heterocycles. The summed E-state index contributed by atoms with van der Waals surface area (Å²) < 4.78 is 85.6. The third kappa shape index (κ3) is 5.88. The molecule has 1 rings (SSSR count). The summed E-state index contributed by atoms with van der Waals surface area (Å²) in [6, 6.07) is 1.90. The van der Waals surface area contributed by atoms with Crippen molar-refractivity contribution in [1.82, 2.24) is 5.32 Å². The highest BCUT2D eigenvalue weighted by atomic mass is 19.4. The van der Waals surface area contributed by atoms with E-state index in [1.54, 1.807) is 0 Å². The molecule has 0 unspecified atom stereocenters. The lowest BCUT2D eigenvalue weighted by Gasteiger charge is -2.12. The van der Waals surface area contributed by atoms with Crippen LogP contribution < -0.4 is 10.6 Å². The van der Waals surface area contributed by atoms with Gasteiger partial charge in [0.25, 0.3) is 0 Å². The number of nitrogens with one attached hydrogen (secondary N) is 2. The lowest BCUT2D eigenvalue weighted by atomic mass is 10.2. The van der Waals surface area contributed by atoms with E-state index in [0.717, 1.165) is 6.07 Å². The maximum absolute atomic E-state index is 13.0. The van der Waals surface area contributed by atoms with Gasteiger partial charge < -0.3 is 10.6 Å². The summed E-state index contributed by atoms with van der Waals surface area (Å²) in [5.74, 6) is -2.56. The van der Waals surface area contributed by atoms with Crippen LogP contribution in [0.4, 0.5) is 36.4 Å². The maximum atomic E-state index is 13.0. The molecule has 0 spiro atoms. The first-order chi connectivity index (χ1) is 9.49. The lowest BCUT2D eigenvalue weighted by molar-refractivity contribution is -0.140. The summed E-state index contributed by atoms with van der Waals surface area (Å²) in [6.07, 6.45) is -9.50. The van der Waals surface area contributed by atoms with Gasteiger partial charge in [0.05, 0.1) is 12.1 Å². The van der Waals surface area contributed by atoms with Crippen molar-refractivity contribution in [2.45, 2.75) is 12.4 Å². The number of rotatable bonds is 4. The Balaban J connectivity index is 2.62. The summed E-state index contributed by atoms with van der Waals surface area (Å²) in [6.45, 7) is -2.23. The van der Waals surface area contributed by atoms with E-state index in [9.17, 15) is 35.5 Å². The maximum Gasteiger partial charge on any atom is 0.419 e. The molecule has 118 valence electrons. The highest BCUT2D eigenvalue weighted by molar-refractivity contribution is 5.80. The molecule has 1 amide bonds. The minimum atomic E-state index is -4.92. The van der Waals surface area contributed by atoms with Crippen molar-refractivity contribution in [2.75, 3.05) is 18.4 Å². The van der Waals surface area contributed by atoms with Crippen molar-refractivity contribution in [3.63, 3.8) is 0 Å². The van der Waals surface area contributed by atoms with Crippen molar-refractivity contribution in [1.29, 1.82) is 0 Å². The molecule has 2 N–H and O–H groups in total. The van der Waals surface area contributed by atoms with Crippen LogP contribution in [0.15, 0.2) is 18.2 Å². The van der Waals surface area contributed by atoms with Gasteiger partial charge in [0.15, 0.2) is 0 Å². The number of benzene rings is 1. The predicted octanol–water partition coefficient (Wildman–Crippen LogP) is 2.93. The number of hydrogen-bond acceptors (Lipinski definition) is 2. The van der Waals surface area contributed by atoms with E-state index in [-0.39, 0.29) is 5.69 Å². The van der Waals surface area contributed by atoms with Gasteiger partial charge in [-0.25, -0.2) is 4.39 Å². The summed E-state index contributed by atoms with van der Waals surface area (Å²) in [7, 11) is 0. The molecule has 0 aliphatic rings. The zero-order valence-corrected chi connectivity index (χ0v) is 10.2. The van der Waals surface area contributed by atoms with E-state index < -0.39 is 42.7 Å². The molecular formula is C11H9F7N2O. The van der Waals surface area contributed by atoms with Crippen molar-refractivity contribution in [3.8, 4) is 0 Å². The molecule has 0 atom stereocenters. The van der Waals surface area contributed by atoms with Crippen LogP contribution in [0, 0.1) is 5.82 Å². The third-order valence-corrected chi connectivity index (χ3v) is 2.21. The Labute approximate surface area is 114 Å². The summed E-state index contributed by atoms with van der Waals surface area (Å²) in [5, 5.41) is 3.70. The second-order valence-corrected chi connectivity index (χ2v) is 3.94. The Bertz CT molecular complexity index is 510. The Morgan fingerprint density at radius 2 is 1.71 bits per heavy atom. The molecule has 1 aromatic carbocycles. The number of hydrogen-bond donors (Lipinski definition) is 2. The van der Waals surface area contributed by atoms with Crippen LogP contribution in [0.25, 0.3) is 0 Å². The van der Waals surface area contributed by atoms with Crippen LogP contribution in [0.5, 0.6) is 0 Å². The average Bonchev–Trinajstić information content (AvgIpc) is 2.33. The molecule has 0 fully saturated rings. The van der Waals surface area contributed by atoms with Gasteiger partial charge in [-0.15, -0.1) is 0 Å². The zero-order valence-electron chi connectivity index (χ0n) is 10.2. The predicted molar refractivity (Wildman–Crippen MR) is 59.0 cm³/mol. The number of anilines is 1. The molecule has 0 bridgehead atoms. The standard InChI is InChI=1S/C11H9F7N2O/c12-8-2-1-6(3-7(8)11(16,17)18)19-4-9(21)20-5-10(13,14)15/h1-3,19H,4-5H2,(H,20,21). The normalized spacial score (nSPS) is 12.1. The molecule has 0 heterocycles. The molecule has 1 aromatic rings. The largest absolute Gasteiger partial charge is 0.419 e. The van der Waals surface area contributed by atoms with Crippen LogP contribution in [0.2, 0.25) is 0 Å². The Kier molecular flexibility index (Phi) is 5.02. The first kappa shape index (κ1) is 17.1. The molecule has 0 saturated carbocycles. The van der Waals surface area contributed by atoms with Gasteiger partial charge >= 0.3 is 12.4 Å². The first-order valence-electron chi connectivity index (χ1n) is 5.43. The Morgan fingerprint density at radius 3 is 2.24 bits per heavy atom. The Morgan fingerprint density at radius 1 is 1.10 bits per heavy atom. The summed E-state index contributed by atoms with van der Waals surface area (Å²) >= 11 is 0. The molecular weight excluding hydrogens is 309 g/mol. The highest BCUT2D eigenvalue weighted by Crippen LogP contribution is 2.32. The van der Waals surface area contributed by atoms with Gasteiger partial charge in [-0.3, -0.25) is 4.79 Å². The molecule has 3 nitrogen and oxygen atoms in total. The second kappa shape index (κ2) is 6.19. The summed E-state index contributed by atoms with van der Waals surface area (Å²) in [4.78, 5) is 11.0. The fraction of sp³-hybridized carbons (Fsp3) is 0.364. The second-order valence-electron chi connectivity index (χ2n) is 3.94. The smallest absolute Gasteiger partial charge is 0.376 e. The van der Waals surface area contributed by atoms with Gasteiger partial charge in [0.1, 0.15) is 12.4 Å². The molecule has 0 radical (unpaired) electrons. The minimum Gasteiger partial charge on any atom is -0.376 e. The number of carbonyl (C=O) groups excluding carboxylic acids is 1. The first-order valence-corrected chi connectivity index (χ1v) is 5.43. The topological polar surface area (TPSA) is 41.1 Å². The fourth-order valence-corrected chi connectivity index (χ4v) is 1.30. The van der Waals surface area contributed by atoms with Crippen LogP contribution in [0.1, 0.15) is 5.56 Å². The number of carbonyl (C=O) groups is 1. The number of alkyl halides is 6. The van der Waals surface area contributed by atoms with Gasteiger partial charge in [0, 0.05) is 5.69 Å². The van der Waals surface area contributed by atoms with Gasteiger partial charge in [0.2, 0.25) is 5.91 Å². The van der Waals surface area contributed by atoms with E-state index in [0.29, 0.717) is 12.1 Å². The van der Waals surface area contributed by atoms with Crippen molar-refractivity contribution >= 4 is 11.6 Å². The van der Waals surface area contributed by atoms with E-state index in [1.807, 2.05) is 0 Å². The average molecular weight is 318 g/mol. The van der Waals surface area contributed by atoms with Crippen LogP contribution >= 0.6 is 0 Å². The molecule has 0 aromatic heterocycles. The SMILES string of the molecule is O=C(CNc1ccc(F)c(C(F)(F)F)c1)NCC(F)(F)F. The van der Waals surface area contributed by atoms with Crippen molar-refractivity contribution in [2.24, 2.45) is 0 Å². The molecule has 10 heteroatoms. The van der Waals surface area contributed by atoms with Gasteiger partial charge in [-0.1, -0.05) is 0 Å².